The van der Waals surface area contributed by atoms with Crippen LogP contribution in [0, 0.1) is 0 Å². The molecule has 2 rings (SSSR count). The van der Waals surface area contributed by atoms with Crippen LogP contribution in [0.25, 0.3) is 0 Å². The van der Waals surface area contributed by atoms with E-state index >= 15 is 0 Å². The minimum absolute atomic E-state index is 0.107. The normalized spacial score (nSPS) is 11.6. The van der Waals surface area contributed by atoms with Crippen molar-refractivity contribution in [1.82, 2.24) is 14.5 Å². The van der Waals surface area contributed by atoms with E-state index in [4.69, 9.17) is 11.6 Å². The number of benzene rings is 1. The SMILES string of the molecule is CN(C)S(=O)(=O)c1nnc(NC(=O)c2ccc(Cl)cc2)s1. The van der Waals surface area contributed by atoms with Gasteiger partial charge in [-0.15, -0.1) is 10.2 Å². The number of carbonyl (C=O) groups excluding carboxylic acids is 1. The Bertz CT molecular complexity index is 756. The number of amides is 1. The van der Waals surface area contributed by atoms with Crippen molar-refractivity contribution in [1.29, 1.82) is 0 Å². The molecule has 0 spiro atoms. The van der Waals surface area contributed by atoms with Crippen molar-refractivity contribution in [2.45, 2.75) is 4.34 Å². The van der Waals surface area contributed by atoms with Crippen LogP contribution in [0.3, 0.4) is 0 Å². The molecule has 0 bridgehead atoms. The van der Waals surface area contributed by atoms with Gasteiger partial charge in [-0.05, 0) is 24.3 Å². The number of anilines is 1. The molecule has 10 heteroatoms. The maximum atomic E-state index is 11.9. The molecule has 1 aromatic carbocycles. The molecular formula is C11H11ClN4O3S2. The minimum Gasteiger partial charge on any atom is -0.296 e. The van der Waals surface area contributed by atoms with E-state index in [9.17, 15) is 13.2 Å². The van der Waals surface area contributed by atoms with Gasteiger partial charge in [0.05, 0.1) is 0 Å². The van der Waals surface area contributed by atoms with Gasteiger partial charge in [0.15, 0.2) is 0 Å². The molecule has 1 heterocycles. The Morgan fingerprint density at radius 1 is 1.24 bits per heavy atom. The standard InChI is InChI=1S/C11H11ClN4O3S2/c1-16(2)21(18,19)11-15-14-10(20-11)13-9(17)7-3-5-8(12)6-4-7/h3-6H,1-2H3,(H,13,14,17). The summed E-state index contributed by atoms with van der Waals surface area (Å²) in [6, 6.07) is 6.27. The number of halogens is 1. The Morgan fingerprint density at radius 2 is 1.86 bits per heavy atom. The van der Waals surface area contributed by atoms with Crippen molar-refractivity contribution in [3.63, 3.8) is 0 Å². The second-order valence-electron chi connectivity index (χ2n) is 4.12. The molecule has 0 unspecified atom stereocenters. The molecule has 0 aliphatic rings. The van der Waals surface area contributed by atoms with Gasteiger partial charge in [-0.1, -0.05) is 22.9 Å². The van der Waals surface area contributed by atoms with Crippen LogP contribution in [0.5, 0.6) is 0 Å². The van der Waals surface area contributed by atoms with Crippen molar-refractivity contribution in [2.75, 3.05) is 19.4 Å². The van der Waals surface area contributed by atoms with Gasteiger partial charge >= 0.3 is 0 Å². The number of aromatic nitrogens is 2. The number of nitrogens with one attached hydrogen (secondary N) is 1. The lowest BCUT2D eigenvalue weighted by atomic mass is 10.2. The summed E-state index contributed by atoms with van der Waals surface area (Å²) in [6.07, 6.45) is 0. The number of carbonyl (C=O) groups is 1. The molecule has 1 N–H and O–H groups in total. The highest BCUT2D eigenvalue weighted by atomic mass is 35.5. The molecule has 0 saturated heterocycles. The van der Waals surface area contributed by atoms with E-state index in [-0.39, 0.29) is 9.47 Å². The van der Waals surface area contributed by atoms with E-state index in [2.05, 4.69) is 15.5 Å². The highest BCUT2D eigenvalue weighted by Gasteiger charge is 2.23. The summed E-state index contributed by atoms with van der Waals surface area (Å²) in [5, 5.41) is 10.3. The van der Waals surface area contributed by atoms with Crippen LogP contribution in [0.2, 0.25) is 5.02 Å². The Balaban J connectivity index is 2.16. The quantitative estimate of drug-likeness (QED) is 0.850. The van der Waals surface area contributed by atoms with Gasteiger partial charge in [-0.25, -0.2) is 12.7 Å². The Kier molecular flexibility index (Phi) is 4.57. The largest absolute Gasteiger partial charge is 0.296 e. The molecule has 2 aromatic rings. The first-order valence-electron chi connectivity index (χ1n) is 5.63. The Labute approximate surface area is 130 Å². The number of hydrogen-bond donors (Lipinski definition) is 1. The van der Waals surface area contributed by atoms with Crippen LogP contribution in [-0.4, -0.2) is 42.9 Å². The Hall–Kier alpha value is -1.55. The summed E-state index contributed by atoms with van der Waals surface area (Å²) >= 11 is 6.52. The summed E-state index contributed by atoms with van der Waals surface area (Å²) in [5.41, 5.74) is 0.381. The zero-order chi connectivity index (χ0) is 15.6. The molecule has 1 amide bonds. The maximum Gasteiger partial charge on any atom is 0.271 e. The lowest BCUT2D eigenvalue weighted by molar-refractivity contribution is 0.102. The van der Waals surface area contributed by atoms with Crippen LogP contribution in [-0.2, 0) is 10.0 Å². The summed E-state index contributed by atoms with van der Waals surface area (Å²) in [5.74, 6) is -0.420. The van der Waals surface area contributed by atoms with E-state index in [0.29, 0.717) is 10.6 Å². The first kappa shape index (κ1) is 15.8. The van der Waals surface area contributed by atoms with Crippen molar-refractivity contribution in [3.05, 3.63) is 34.9 Å². The van der Waals surface area contributed by atoms with Gasteiger partial charge < -0.3 is 0 Å². The van der Waals surface area contributed by atoms with Gasteiger partial charge in [0.2, 0.25) is 9.47 Å². The number of sulfonamides is 1. The summed E-state index contributed by atoms with van der Waals surface area (Å²) in [6.45, 7) is 0. The molecular weight excluding hydrogens is 336 g/mol. The van der Waals surface area contributed by atoms with Crippen LogP contribution >= 0.6 is 22.9 Å². The zero-order valence-corrected chi connectivity index (χ0v) is 13.5. The lowest BCUT2D eigenvalue weighted by Crippen LogP contribution is -2.22. The first-order valence-corrected chi connectivity index (χ1v) is 8.27. The number of nitrogens with zero attached hydrogens (tertiary/aromatic N) is 3. The fourth-order valence-electron chi connectivity index (χ4n) is 1.29. The molecule has 0 saturated carbocycles. The Morgan fingerprint density at radius 3 is 2.43 bits per heavy atom. The van der Waals surface area contributed by atoms with E-state index in [0.717, 1.165) is 15.6 Å². The smallest absolute Gasteiger partial charge is 0.271 e. The van der Waals surface area contributed by atoms with E-state index in [1.165, 1.54) is 14.1 Å². The van der Waals surface area contributed by atoms with Gasteiger partial charge in [0, 0.05) is 24.7 Å². The van der Waals surface area contributed by atoms with E-state index in [1.54, 1.807) is 24.3 Å². The summed E-state index contributed by atoms with van der Waals surface area (Å²) in [7, 11) is -0.869. The second-order valence-corrected chi connectivity index (χ2v) is 7.86. The maximum absolute atomic E-state index is 11.9. The molecule has 0 radical (unpaired) electrons. The van der Waals surface area contributed by atoms with Gasteiger partial charge in [0.1, 0.15) is 0 Å². The topological polar surface area (TPSA) is 92.3 Å². The van der Waals surface area contributed by atoms with Crippen LogP contribution < -0.4 is 5.32 Å². The van der Waals surface area contributed by atoms with Crippen LogP contribution in [0.4, 0.5) is 5.13 Å². The summed E-state index contributed by atoms with van der Waals surface area (Å²) in [4.78, 5) is 11.9. The average molecular weight is 347 g/mol. The molecule has 21 heavy (non-hydrogen) atoms. The molecule has 7 nitrogen and oxygen atoms in total. The van der Waals surface area contributed by atoms with Crippen LogP contribution in [0.15, 0.2) is 28.6 Å². The molecule has 0 aliphatic heterocycles. The van der Waals surface area contributed by atoms with E-state index in [1.807, 2.05) is 0 Å². The molecule has 112 valence electrons. The first-order chi connectivity index (χ1) is 9.80. The molecule has 1 aromatic heterocycles. The predicted octanol–water partition coefficient (Wildman–Crippen LogP) is 1.69. The van der Waals surface area contributed by atoms with Crippen molar-refractivity contribution in [2.24, 2.45) is 0 Å². The fourth-order valence-corrected chi connectivity index (χ4v) is 3.45. The van der Waals surface area contributed by atoms with Crippen LogP contribution in [0.1, 0.15) is 10.4 Å². The highest BCUT2D eigenvalue weighted by molar-refractivity contribution is 7.91. The minimum atomic E-state index is -3.65. The monoisotopic (exact) mass is 346 g/mol. The average Bonchev–Trinajstić information content (AvgIpc) is 2.88. The summed E-state index contributed by atoms with van der Waals surface area (Å²) < 4.78 is 24.5. The van der Waals surface area contributed by atoms with E-state index < -0.39 is 15.9 Å². The van der Waals surface area contributed by atoms with Crippen molar-refractivity contribution >= 4 is 44.0 Å². The van der Waals surface area contributed by atoms with Crippen molar-refractivity contribution < 1.29 is 13.2 Å². The third-order valence-electron chi connectivity index (χ3n) is 2.43. The zero-order valence-electron chi connectivity index (χ0n) is 11.1. The molecule has 0 aliphatic carbocycles. The van der Waals surface area contributed by atoms with Gasteiger partial charge in [-0.3, -0.25) is 10.1 Å². The molecule has 0 atom stereocenters. The highest BCUT2D eigenvalue weighted by Crippen LogP contribution is 2.22. The second kappa shape index (κ2) is 6.06. The third kappa shape index (κ3) is 3.56. The van der Waals surface area contributed by atoms with Gasteiger partial charge in [0.25, 0.3) is 15.9 Å². The fraction of sp³-hybridized carbons (Fsp3) is 0.182. The van der Waals surface area contributed by atoms with Gasteiger partial charge in [-0.2, -0.15) is 0 Å². The number of hydrogen-bond acceptors (Lipinski definition) is 6. The predicted molar refractivity (Wildman–Crippen MR) is 80.2 cm³/mol. The molecule has 0 fully saturated rings. The lowest BCUT2D eigenvalue weighted by Gasteiger charge is -2.06. The third-order valence-corrected chi connectivity index (χ3v) is 5.69. The van der Waals surface area contributed by atoms with Crippen molar-refractivity contribution in [3.8, 4) is 0 Å². The number of rotatable bonds is 4.